The zero-order chi connectivity index (χ0) is 21.8. The van der Waals surface area contributed by atoms with Gasteiger partial charge in [-0.05, 0) is 67.0 Å². The number of nitrogens with one attached hydrogen (secondary N) is 1. The largest absolute Gasteiger partial charge is 0.493 e. The predicted octanol–water partition coefficient (Wildman–Crippen LogP) is 4.14. The Balaban J connectivity index is 2.01. The highest BCUT2D eigenvalue weighted by atomic mass is 35.5. The van der Waals surface area contributed by atoms with Crippen LogP contribution in [0.3, 0.4) is 0 Å². The first kappa shape index (κ1) is 21.8. The number of halogens is 1. The van der Waals surface area contributed by atoms with Crippen molar-refractivity contribution in [2.75, 3.05) is 18.6 Å². The van der Waals surface area contributed by atoms with Crippen LogP contribution in [0, 0.1) is 0 Å². The van der Waals surface area contributed by atoms with Gasteiger partial charge >= 0.3 is 0 Å². The fourth-order valence-corrected chi connectivity index (χ4v) is 3.60. The molecule has 1 aliphatic rings. The van der Waals surface area contributed by atoms with Crippen LogP contribution in [-0.4, -0.2) is 30.6 Å². The van der Waals surface area contributed by atoms with Gasteiger partial charge in [-0.2, -0.15) is 0 Å². The van der Waals surface area contributed by atoms with Crippen molar-refractivity contribution in [2.45, 2.75) is 20.3 Å². The second kappa shape index (κ2) is 9.28. The Hall–Kier alpha value is -2.90. The molecular formula is C22H21ClN2O4S. The first-order chi connectivity index (χ1) is 14.4. The van der Waals surface area contributed by atoms with Crippen LogP contribution in [-0.2, 0) is 16.0 Å². The van der Waals surface area contributed by atoms with E-state index in [1.807, 2.05) is 26.0 Å². The molecule has 1 N–H and O–H groups in total. The Labute approximate surface area is 185 Å². The van der Waals surface area contributed by atoms with Crippen molar-refractivity contribution in [3.05, 3.63) is 58.1 Å². The van der Waals surface area contributed by atoms with E-state index in [0.717, 1.165) is 12.0 Å². The average Bonchev–Trinajstić information content (AvgIpc) is 2.73. The van der Waals surface area contributed by atoms with E-state index in [2.05, 4.69) is 5.32 Å². The van der Waals surface area contributed by atoms with Crippen molar-refractivity contribution in [3.63, 3.8) is 0 Å². The number of carbonyl (C=O) groups excluding carboxylic acids is 2. The highest BCUT2D eigenvalue weighted by Crippen LogP contribution is 2.37. The maximum absolute atomic E-state index is 13.1. The van der Waals surface area contributed by atoms with Gasteiger partial charge in [0.25, 0.3) is 11.8 Å². The molecule has 2 amide bonds. The van der Waals surface area contributed by atoms with Crippen molar-refractivity contribution in [3.8, 4) is 11.5 Å². The van der Waals surface area contributed by atoms with Crippen molar-refractivity contribution in [1.29, 1.82) is 0 Å². The Morgan fingerprint density at radius 3 is 2.47 bits per heavy atom. The lowest BCUT2D eigenvalue weighted by molar-refractivity contribution is -0.122. The van der Waals surface area contributed by atoms with Crippen LogP contribution in [0.15, 0.2) is 42.0 Å². The van der Waals surface area contributed by atoms with Crippen LogP contribution < -0.4 is 19.7 Å². The van der Waals surface area contributed by atoms with Crippen LogP contribution in [0.1, 0.15) is 25.0 Å². The Kier molecular flexibility index (Phi) is 6.74. The van der Waals surface area contributed by atoms with Crippen LogP contribution in [0.5, 0.6) is 11.5 Å². The zero-order valence-corrected chi connectivity index (χ0v) is 18.4. The lowest BCUT2D eigenvalue weighted by atomic mass is 10.1. The second-order valence-corrected chi connectivity index (χ2v) is 7.24. The van der Waals surface area contributed by atoms with E-state index >= 15 is 0 Å². The molecule has 0 bridgehead atoms. The number of methoxy groups -OCH3 is 1. The minimum absolute atomic E-state index is 0.0358. The van der Waals surface area contributed by atoms with Gasteiger partial charge in [-0.3, -0.25) is 19.8 Å². The van der Waals surface area contributed by atoms with Crippen LogP contribution in [0.4, 0.5) is 5.69 Å². The van der Waals surface area contributed by atoms with Gasteiger partial charge in [0.1, 0.15) is 5.57 Å². The number of nitrogens with zero attached hydrogens (tertiary/aromatic N) is 1. The second-order valence-electron chi connectivity index (χ2n) is 6.44. The van der Waals surface area contributed by atoms with Gasteiger partial charge in [-0.15, -0.1) is 0 Å². The summed E-state index contributed by atoms with van der Waals surface area (Å²) in [6.45, 7) is 4.30. The summed E-state index contributed by atoms with van der Waals surface area (Å²) in [5, 5.41) is 2.92. The summed E-state index contributed by atoms with van der Waals surface area (Å²) in [6.07, 6.45) is 2.33. The number of hydrogen-bond donors (Lipinski definition) is 1. The van der Waals surface area contributed by atoms with Crippen molar-refractivity contribution < 1.29 is 19.1 Å². The normalized spacial score (nSPS) is 15.4. The predicted molar refractivity (Wildman–Crippen MR) is 121 cm³/mol. The molecule has 30 heavy (non-hydrogen) atoms. The number of rotatable bonds is 6. The number of thiocarbonyl (C=S) groups is 1. The van der Waals surface area contributed by atoms with Gasteiger partial charge in [-0.1, -0.05) is 30.7 Å². The first-order valence-electron chi connectivity index (χ1n) is 9.40. The number of hydrogen-bond acceptors (Lipinski definition) is 5. The van der Waals surface area contributed by atoms with E-state index in [1.54, 1.807) is 24.3 Å². The quantitative estimate of drug-likeness (QED) is 0.412. The number of carbonyl (C=O) groups is 2. The van der Waals surface area contributed by atoms with Crippen LogP contribution in [0.25, 0.3) is 6.08 Å². The summed E-state index contributed by atoms with van der Waals surface area (Å²) >= 11 is 11.5. The fourth-order valence-electron chi connectivity index (χ4n) is 3.05. The van der Waals surface area contributed by atoms with E-state index in [4.69, 9.17) is 33.3 Å². The van der Waals surface area contributed by atoms with Crippen LogP contribution in [0.2, 0.25) is 5.02 Å². The van der Waals surface area contributed by atoms with Crippen LogP contribution >= 0.6 is 23.8 Å². The molecule has 0 radical (unpaired) electrons. The topological polar surface area (TPSA) is 67.9 Å². The summed E-state index contributed by atoms with van der Waals surface area (Å²) in [5.74, 6) is -0.281. The highest BCUT2D eigenvalue weighted by Gasteiger charge is 2.34. The molecule has 2 aromatic rings. The monoisotopic (exact) mass is 444 g/mol. The number of anilines is 1. The van der Waals surface area contributed by atoms with Gasteiger partial charge in [0.2, 0.25) is 0 Å². The number of benzene rings is 2. The van der Waals surface area contributed by atoms with E-state index < -0.39 is 11.8 Å². The molecule has 0 spiro atoms. The van der Waals surface area contributed by atoms with E-state index in [-0.39, 0.29) is 10.7 Å². The molecule has 0 aliphatic carbocycles. The molecule has 8 heteroatoms. The minimum Gasteiger partial charge on any atom is -0.493 e. The minimum atomic E-state index is -0.574. The Morgan fingerprint density at radius 2 is 1.87 bits per heavy atom. The maximum Gasteiger partial charge on any atom is 0.270 e. The van der Waals surface area contributed by atoms with Gasteiger partial charge in [0.15, 0.2) is 16.6 Å². The SMILES string of the molecule is CCOc1c(Cl)cc(/C=C2\C(=O)NC(=S)N(c3ccc(CC)cc3)C2=O)cc1OC. The summed E-state index contributed by atoms with van der Waals surface area (Å²) < 4.78 is 10.8. The molecule has 1 fully saturated rings. The third kappa shape index (κ3) is 4.32. The third-order valence-corrected chi connectivity index (χ3v) is 5.12. The van der Waals surface area contributed by atoms with Gasteiger partial charge in [-0.25, -0.2) is 0 Å². The summed E-state index contributed by atoms with van der Waals surface area (Å²) in [5.41, 5.74) is 2.17. The number of aryl methyl sites for hydroxylation is 1. The lowest BCUT2D eigenvalue weighted by Gasteiger charge is -2.29. The number of amides is 2. The van der Waals surface area contributed by atoms with Crippen molar-refractivity contribution >= 4 is 52.5 Å². The molecular weight excluding hydrogens is 424 g/mol. The molecule has 6 nitrogen and oxygen atoms in total. The van der Waals surface area contributed by atoms with E-state index in [9.17, 15) is 9.59 Å². The van der Waals surface area contributed by atoms with Gasteiger partial charge < -0.3 is 9.47 Å². The molecule has 1 saturated heterocycles. The van der Waals surface area contributed by atoms with Crippen molar-refractivity contribution in [1.82, 2.24) is 5.32 Å². The Bertz CT molecular complexity index is 1030. The van der Waals surface area contributed by atoms with Gasteiger partial charge in [0, 0.05) is 0 Å². The van der Waals surface area contributed by atoms with E-state index in [0.29, 0.717) is 34.4 Å². The maximum atomic E-state index is 13.1. The average molecular weight is 445 g/mol. The standard InChI is InChI=1S/C22H21ClN2O4S/c1-4-13-6-8-15(9-7-13)25-21(27)16(20(26)24-22(25)30)10-14-11-17(23)19(29-5-2)18(12-14)28-3/h6-12H,4-5H2,1-3H3,(H,24,26,30)/b16-10+. The molecule has 0 aromatic heterocycles. The summed E-state index contributed by atoms with van der Waals surface area (Å²) in [6, 6.07) is 10.7. The molecule has 2 aromatic carbocycles. The van der Waals surface area contributed by atoms with E-state index in [1.165, 1.54) is 18.1 Å². The first-order valence-corrected chi connectivity index (χ1v) is 10.2. The smallest absolute Gasteiger partial charge is 0.270 e. The Morgan fingerprint density at radius 1 is 1.17 bits per heavy atom. The van der Waals surface area contributed by atoms with Gasteiger partial charge in [0.05, 0.1) is 24.4 Å². The number of ether oxygens (including phenoxy) is 2. The molecule has 1 heterocycles. The summed E-state index contributed by atoms with van der Waals surface area (Å²) in [4.78, 5) is 26.9. The molecule has 0 saturated carbocycles. The highest BCUT2D eigenvalue weighted by molar-refractivity contribution is 7.80. The molecule has 1 aliphatic heterocycles. The molecule has 0 atom stereocenters. The molecule has 156 valence electrons. The fraction of sp³-hybridized carbons (Fsp3) is 0.227. The molecule has 0 unspecified atom stereocenters. The third-order valence-electron chi connectivity index (χ3n) is 4.56. The summed E-state index contributed by atoms with van der Waals surface area (Å²) in [7, 11) is 1.49. The van der Waals surface area contributed by atoms with Crippen molar-refractivity contribution in [2.24, 2.45) is 0 Å². The lowest BCUT2D eigenvalue weighted by Crippen LogP contribution is -2.54. The molecule has 3 rings (SSSR count). The zero-order valence-electron chi connectivity index (χ0n) is 16.8.